The quantitative estimate of drug-likeness (QED) is 0.315. The van der Waals surface area contributed by atoms with Gasteiger partial charge in [-0.25, -0.2) is 4.39 Å². The van der Waals surface area contributed by atoms with E-state index in [0.717, 1.165) is 49.8 Å². The summed E-state index contributed by atoms with van der Waals surface area (Å²) in [5.74, 6) is -1.23. The van der Waals surface area contributed by atoms with E-state index in [1.165, 1.54) is 12.1 Å². The molecule has 2 heterocycles. The fraction of sp³-hybridized carbons (Fsp3) is 0.138. The van der Waals surface area contributed by atoms with Crippen LogP contribution in [0.15, 0.2) is 77.8 Å². The molecule has 8 heteroatoms. The molecule has 0 unspecified atom stereocenters. The molecule has 3 amide bonds. The maximum atomic E-state index is 13.3. The van der Waals surface area contributed by atoms with E-state index in [9.17, 15) is 18.8 Å². The third-order valence-electron chi connectivity index (χ3n) is 6.05. The molecule has 0 bridgehead atoms. The van der Waals surface area contributed by atoms with Crippen molar-refractivity contribution < 1.29 is 18.8 Å². The van der Waals surface area contributed by atoms with Crippen LogP contribution in [0.5, 0.6) is 0 Å². The molecule has 0 aliphatic carbocycles. The number of halogens is 1. The Kier molecular flexibility index (Phi) is 6.67. The summed E-state index contributed by atoms with van der Waals surface area (Å²) in [5, 5.41) is 3.21. The molecule has 3 aromatic carbocycles. The molecule has 0 saturated carbocycles. The highest BCUT2D eigenvalue weighted by atomic mass is 32.2. The van der Waals surface area contributed by atoms with E-state index < -0.39 is 17.1 Å². The number of hydrogen-bond acceptors (Lipinski definition) is 4. The minimum absolute atomic E-state index is 0.258. The predicted molar refractivity (Wildman–Crippen MR) is 145 cm³/mol. The Bertz CT molecular complexity index is 1550. The number of benzene rings is 3. The van der Waals surface area contributed by atoms with E-state index >= 15 is 0 Å². The lowest BCUT2D eigenvalue weighted by atomic mass is 10.1. The molecular weight excluding hydrogens is 489 g/mol. The van der Waals surface area contributed by atoms with Gasteiger partial charge in [0.15, 0.2) is 0 Å². The molecule has 4 aromatic rings. The number of thioether (sulfide) groups is 1. The number of hydrogen-bond donors (Lipinski definition) is 1. The van der Waals surface area contributed by atoms with E-state index in [1.54, 1.807) is 18.2 Å². The zero-order valence-electron chi connectivity index (χ0n) is 20.3. The molecule has 186 valence electrons. The summed E-state index contributed by atoms with van der Waals surface area (Å²) in [6.07, 6.45) is 3.60. The van der Waals surface area contributed by atoms with Gasteiger partial charge in [-0.1, -0.05) is 36.4 Å². The van der Waals surface area contributed by atoms with Crippen LogP contribution in [-0.4, -0.2) is 33.1 Å². The molecule has 0 radical (unpaired) electrons. The number of nitrogens with zero attached hydrogens (tertiary/aromatic N) is 2. The number of rotatable bonds is 6. The minimum Gasteiger partial charge on any atom is -0.342 e. The highest BCUT2D eigenvalue weighted by molar-refractivity contribution is 8.18. The van der Waals surface area contributed by atoms with Gasteiger partial charge in [0.05, 0.1) is 4.91 Å². The number of amides is 3. The summed E-state index contributed by atoms with van der Waals surface area (Å²) < 4.78 is 15.3. The third-order valence-corrected chi connectivity index (χ3v) is 6.96. The van der Waals surface area contributed by atoms with Crippen molar-refractivity contribution in [2.24, 2.45) is 0 Å². The number of carbonyl (C=O) groups excluding carboxylic acids is 3. The number of anilines is 1. The van der Waals surface area contributed by atoms with Crippen molar-refractivity contribution in [2.45, 2.75) is 20.4 Å². The summed E-state index contributed by atoms with van der Waals surface area (Å²) in [7, 11) is 0. The summed E-state index contributed by atoms with van der Waals surface area (Å²) in [4.78, 5) is 39.5. The second-order valence-electron chi connectivity index (χ2n) is 9.05. The monoisotopic (exact) mass is 513 g/mol. The fourth-order valence-corrected chi connectivity index (χ4v) is 5.31. The first-order chi connectivity index (χ1) is 17.8. The van der Waals surface area contributed by atoms with Crippen molar-refractivity contribution in [3.8, 4) is 0 Å². The minimum atomic E-state index is -0.499. The van der Waals surface area contributed by atoms with Gasteiger partial charge in [-0.15, -0.1) is 0 Å². The molecule has 1 aliphatic rings. The highest BCUT2D eigenvalue weighted by Gasteiger charge is 2.36. The van der Waals surface area contributed by atoms with Crippen LogP contribution in [0.3, 0.4) is 0 Å². The number of carbonyl (C=O) groups is 3. The Morgan fingerprint density at radius 2 is 1.70 bits per heavy atom. The third kappa shape index (κ3) is 5.34. The maximum absolute atomic E-state index is 13.3. The lowest BCUT2D eigenvalue weighted by Crippen LogP contribution is -2.36. The average Bonchev–Trinajstić information content (AvgIpc) is 3.32. The Labute approximate surface area is 217 Å². The Balaban J connectivity index is 1.36. The lowest BCUT2D eigenvalue weighted by molar-refractivity contribution is -0.127. The number of nitrogens with one attached hydrogen (secondary N) is 1. The fourth-order valence-electron chi connectivity index (χ4n) is 4.48. The van der Waals surface area contributed by atoms with Crippen LogP contribution in [0.2, 0.25) is 0 Å². The van der Waals surface area contributed by atoms with Crippen LogP contribution >= 0.6 is 11.8 Å². The normalized spacial score (nSPS) is 14.7. The molecule has 5 rings (SSSR count). The van der Waals surface area contributed by atoms with Crippen LogP contribution in [0.4, 0.5) is 14.9 Å². The Morgan fingerprint density at radius 3 is 2.43 bits per heavy atom. The smallest absolute Gasteiger partial charge is 0.294 e. The van der Waals surface area contributed by atoms with Gasteiger partial charge < -0.3 is 9.88 Å². The zero-order valence-corrected chi connectivity index (χ0v) is 21.1. The Morgan fingerprint density at radius 1 is 1.00 bits per heavy atom. The van der Waals surface area contributed by atoms with Crippen LogP contribution in [-0.2, 0) is 16.1 Å². The average molecular weight is 514 g/mol. The van der Waals surface area contributed by atoms with Gasteiger partial charge in [0.1, 0.15) is 12.4 Å². The first-order valence-corrected chi connectivity index (χ1v) is 12.5. The number of fused-ring (bicyclic) bond motifs is 1. The van der Waals surface area contributed by atoms with Crippen LogP contribution < -0.4 is 5.32 Å². The van der Waals surface area contributed by atoms with E-state index in [2.05, 4.69) is 5.32 Å². The van der Waals surface area contributed by atoms with Crippen molar-refractivity contribution in [1.82, 2.24) is 9.47 Å². The summed E-state index contributed by atoms with van der Waals surface area (Å²) in [5.41, 5.74) is 5.29. The van der Waals surface area contributed by atoms with E-state index in [1.807, 2.05) is 67.1 Å². The lowest BCUT2D eigenvalue weighted by Gasteiger charge is -2.13. The topological polar surface area (TPSA) is 71.4 Å². The molecule has 1 N–H and O–H groups in total. The van der Waals surface area contributed by atoms with Crippen molar-refractivity contribution >= 4 is 51.5 Å². The van der Waals surface area contributed by atoms with Crippen LogP contribution in [0.1, 0.15) is 22.3 Å². The SMILES string of the molecule is Cc1cc(C)cc(NC(=O)CN2C(=O)S/C(=C\c3cn(Cc4ccc(F)cc4)c4ccccc34)C2=O)c1. The van der Waals surface area contributed by atoms with E-state index in [0.29, 0.717) is 12.2 Å². The van der Waals surface area contributed by atoms with Crippen LogP contribution in [0.25, 0.3) is 17.0 Å². The van der Waals surface area contributed by atoms with Crippen molar-refractivity contribution in [1.29, 1.82) is 0 Å². The number of imide groups is 1. The molecule has 1 aromatic heterocycles. The van der Waals surface area contributed by atoms with Crippen molar-refractivity contribution in [3.05, 3.63) is 106 Å². The summed E-state index contributed by atoms with van der Waals surface area (Å²) >= 11 is 0.821. The van der Waals surface area contributed by atoms with E-state index in [-0.39, 0.29) is 17.3 Å². The van der Waals surface area contributed by atoms with Gasteiger partial charge in [-0.3, -0.25) is 19.3 Å². The first kappa shape index (κ1) is 24.5. The van der Waals surface area contributed by atoms with Gasteiger partial charge in [-0.2, -0.15) is 0 Å². The van der Waals surface area contributed by atoms with Gasteiger partial charge in [0, 0.05) is 34.9 Å². The molecule has 0 atom stereocenters. The van der Waals surface area contributed by atoms with Crippen LogP contribution in [0, 0.1) is 19.7 Å². The van der Waals surface area contributed by atoms with Crippen molar-refractivity contribution in [3.63, 3.8) is 0 Å². The summed E-state index contributed by atoms with van der Waals surface area (Å²) in [6, 6.07) is 19.7. The molecule has 0 spiro atoms. The zero-order chi connectivity index (χ0) is 26.1. The highest BCUT2D eigenvalue weighted by Crippen LogP contribution is 2.34. The van der Waals surface area contributed by atoms with Gasteiger partial charge in [-0.05, 0) is 78.7 Å². The number of aryl methyl sites for hydroxylation is 2. The molecule has 1 aliphatic heterocycles. The molecular formula is C29H24FN3O3S. The predicted octanol–water partition coefficient (Wildman–Crippen LogP) is 6.12. The summed E-state index contributed by atoms with van der Waals surface area (Å²) in [6.45, 7) is 4.02. The molecule has 1 saturated heterocycles. The van der Waals surface area contributed by atoms with Crippen molar-refractivity contribution in [2.75, 3.05) is 11.9 Å². The second-order valence-corrected chi connectivity index (χ2v) is 10.0. The molecule has 6 nitrogen and oxygen atoms in total. The largest absolute Gasteiger partial charge is 0.342 e. The maximum Gasteiger partial charge on any atom is 0.294 e. The van der Waals surface area contributed by atoms with E-state index in [4.69, 9.17) is 0 Å². The van der Waals surface area contributed by atoms with Gasteiger partial charge >= 0.3 is 0 Å². The van der Waals surface area contributed by atoms with Gasteiger partial charge in [0.25, 0.3) is 11.1 Å². The number of aromatic nitrogens is 1. The number of para-hydroxylation sites is 1. The molecule has 37 heavy (non-hydrogen) atoms. The first-order valence-electron chi connectivity index (χ1n) is 11.7. The Hall–Kier alpha value is -4.17. The van der Waals surface area contributed by atoms with Gasteiger partial charge in [0.2, 0.25) is 5.91 Å². The standard InChI is InChI=1S/C29H24FN3O3S/c1-18-11-19(2)13-23(12-18)31-27(34)17-33-28(35)26(37-29(33)36)14-21-16-32(25-6-4-3-5-24(21)25)15-20-7-9-22(30)10-8-20/h3-14,16H,15,17H2,1-2H3,(H,31,34)/b26-14-. The molecule has 1 fully saturated rings. The second kappa shape index (κ2) is 10.1.